The molecule has 0 bridgehead atoms. The molecule has 84 valence electrons. The minimum Gasteiger partial charge on any atom is -0.382 e. The lowest BCUT2D eigenvalue weighted by molar-refractivity contribution is 1.10. The van der Waals surface area contributed by atoms with Gasteiger partial charge in [-0.2, -0.15) is 5.26 Å². The molecule has 5 heteroatoms. The molecular weight excluding hydrogens is 280 g/mol. The Morgan fingerprint density at radius 2 is 2.12 bits per heavy atom. The summed E-state index contributed by atoms with van der Waals surface area (Å²) in [5.41, 5.74) is 7.51. The number of nitriles is 1. The van der Waals surface area contributed by atoms with E-state index in [0.717, 1.165) is 10.0 Å². The molecule has 17 heavy (non-hydrogen) atoms. The summed E-state index contributed by atoms with van der Waals surface area (Å²) < 4.78 is 0.944. The van der Waals surface area contributed by atoms with E-state index < -0.39 is 0 Å². The van der Waals surface area contributed by atoms with Crippen molar-refractivity contribution in [1.29, 1.82) is 5.26 Å². The van der Waals surface area contributed by atoms with Crippen LogP contribution in [0.2, 0.25) is 0 Å². The van der Waals surface area contributed by atoms with Crippen molar-refractivity contribution in [1.82, 2.24) is 9.97 Å². The second kappa shape index (κ2) is 4.52. The van der Waals surface area contributed by atoms with Gasteiger partial charge in [0.05, 0.1) is 5.69 Å². The van der Waals surface area contributed by atoms with Gasteiger partial charge in [-0.1, -0.05) is 28.1 Å². The van der Waals surface area contributed by atoms with E-state index in [1.165, 1.54) is 0 Å². The normalized spacial score (nSPS) is 9.94. The Morgan fingerprint density at radius 1 is 1.35 bits per heavy atom. The van der Waals surface area contributed by atoms with Crippen molar-refractivity contribution in [3.63, 3.8) is 0 Å². The van der Waals surface area contributed by atoms with E-state index in [4.69, 9.17) is 11.0 Å². The van der Waals surface area contributed by atoms with Crippen LogP contribution in [-0.4, -0.2) is 9.97 Å². The predicted molar refractivity (Wildman–Crippen MR) is 69.0 cm³/mol. The molecule has 0 unspecified atom stereocenters. The molecule has 0 radical (unpaired) electrons. The maximum atomic E-state index is 8.89. The maximum Gasteiger partial charge on any atom is 0.161 e. The van der Waals surface area contributed by atoms with Crippen molar-refractivity contribution < 1.29 is 0 Å². The van der Waals surface area contributed by atoms with Gasteiger partial charge in [0.25, 0.3) is 0 Å². The number of nitrogens with zero attached hydrogens (tertiary/aromatic N) is 3. The fraction of sp³-hybridized carbons (Fsp3) is 0.0833. The number of anilines is 1. The van der Waals surface area contributed by atoms with Crippen LogP contribution in [0.1, 0.15) is 11.3 Å². The van der Waals surface area contributed by atoms with E-state index in [0.29, 0.717) is 17.1 Å². The Morgan fingerprint density at radius 3 is 2.71 bits per heavy atom. The highest BCUT2D eigenvalue weighted by atomic mass is 79.9. The van der Waals surface area contributed by atoms with Crippen molar-refractivity contribution in [2.75, 3.05) is 5.73 Å². The highest BCUT2D eigenvalue weighted by molar-refractivity contribution is 9.10. The zero-order chi connectivity index (χ0) is 12.4. The monoisotopic (exact) mass is 288 g/mol. The topological polar surface area (TPSA) is 75.6 Å². The Bertz CT molecular complexity index is 593. The van der Waals surface area contributed by atoms with Gasteiger partial charge in [0.2, 0.25) is 0 Å². The van der Waals surface area contributed by atoms with Crippen LogP contribution in [0.4, 0.5) is 5.82 Å². The van der Waals surface area contributed by atoms with Crippen LogP contribution in [-0.2, 0) is 0 Å². The number of aryl methyl sites for hydroxylation is 1. The van der Waals surface area contributed by atoms with Crippen molar-refractivity contribution in [2.45, 2.75) is 6.92 Å². The smallest absolute Gasteiger partial charge is 0.161 e. The molecule has 0 saturated heterocycles. The molecule has 0 aliphatic carbocycles. The Hall–Kier alpha value is -1.93. The van der Waals surface area contributed by atoms with Crippen LogP contribution in [0.25, 0.3) is 11.4 Å². The molecule has 0 aliphatic heterocycles. The first-order valence-corrected chi connectivity index (χ1v) is 5.71. The van der Waals surface area contributed by atoms with Gasteiger partial charge in [-0.25, -0.2) is 9.97 Å². The first kappa shape index (κ1) is 11.6. The molecule has 1 heterocycles. The number of nitrogens with two attached hydrogens (primary N) is 1. The number of halogens is 1. The molecule has 4 nitrogen and oxygen atoms in total. The van der Waals surface area contributed by atoms with Crippen LogP contribution in [0.3, 0.4) is 0 Å². The maximum absolute atomic E-state index is 8.89. The molecule has 0 saturated carbocycles. The second-order valence-corrected chi connectivity index (χ2v) is 4.43. The molecule has 2 N–H and O–H groups in total. The van der Waals surface area contributed by atoms with Crippen LogP contribution in [0.5, 0.6) is 0 Å². The highest BCUT2D eigenvalue weighted by Crippen LogP contribution is 2.22. The third kappa shape index (κ3) is 2.27. The molecule has 0 aliphatic rings. The zero-order valence-electron chi connectivity index (χ0n) is 9.11. The molecular formula is C12H9BrN4. The van der Waals surface area contributed by atoms with E-state index in [1.54, 1.807) is 6.92 Å². The lowest BCUT2D eigenvalue weighted by Crippen LogP contribution is -2.02. The van der Waals surface area contributed by atoms with Gasteiger partial charge < -0.3 is 5.73 Å². The van der Waals surface area contributed by atoms with Crippen LogP contribution in [0, 0.1) is 18.3 Å². The van der Waals surface area contributed by atoms with Crippen molar-refractivity contribution in [2.24, 2.45) is 0 Å². The SMILES string of the molecule is Cc1nc(-c2cccc(Br)c2)nc(N)c1C#N. The first-order valence-electron chi connectivity index (χ1n) is 4.92. The number of nitrogen functional groups attached to an aromatic ring is 1. The minimum absolute atomic E-state index is 0.218. The minimum atomic E-state index is 0.218. The Labute approximate surface area is 107 Å². The van der Waals surface area contributed by atoms with Crippen LogP contribution < -0.4 is 5.73 Å². The van der Waals surface area contributed by atoms with E-state index in [-0.39, 0.29) is 5.82 Å². The van der Waals surface area contributed by atoms with Gasteiger partial charge in [0.15, 0.2) is 5.82 Å². The van der Waals surface area contributed by atoms with Gasteiger partial charge in [0.1, 0.15) is 17.5 Å². The lowest BCUT2D eigenvalue weighted by Gasteiger charge is -2.05. The molecule has 2 rings (SSSR count). The van der Waals surface area contributed by atoms with Gasteiger partial charge in [-0.15, -0.1) is 0 Å². The van der Waals surface area contributed by atoms with Gasteiger partial charge in [-0.3, -0.25) is 0 Å². The summed E-state index contributed by atoms with van der Waals surface area (Å²) in [6, 6.07) is 9.61. The molecule has 2 aromatic rings. The molecule has 0 fully saturated rings. The second-order valence-electron chi connectivity index (χ2n) is 3.52. The third-order valence-corrected chi connectivity index (χ3v) is 2.81. The van der Waals surface area contributed by atoms with Gasteiger partial charge >= 0.3 is 0 Å². The van der Waals surface area contributed by atoms with Crippen molar-refractivity contribution >= 4 is 21.7 Å². The number of hydrogen-bond donors (Lipinski definition) is 1. The quantitative estimate of drug-likeness (QED) is 0.875. The van der Waals surface area contributed by atoms with Gasteiger partial charge in [-0.05, 0) is 19.1 Å². The molecule has 1 aromatic carbocycles. The molecule has 0 atom stereocenters. The standard InChI is InChI=1S/C12H9BrN4/c1-7-10(6-14)11(15)17-12(16-7)8-3-2-4-9(13)5-8/h2-5H,1H3,(H2,15,16,17). The molecule has 1 aromatic heterocycles. The molecule has 0 spiro atoms. The lowest BCUT2D eigenvalue weighted by atomic mass is 10.2. The van der Waals surface area contributed by atoms with Crippen LogP contribution >= 0.6 is 15.9 Å². The van der Waals surface area contributed by atoms with E-state index in [9.17, 15) is 0 Å². The number of aromatic nitrogens is 2. The number of rotatable bonds is 1. The fourth-order valence-electron chi connectivity index (χ4n) is 1.49. The van der Waals surface area contributed by atoms with Crippen molar-refractivity contribution in [3.05, 3.63) is 40.0 Å². The summed E-state index contributed by atoms with van der Waals surface area (Å²) in [5.74, 6) is 0.746. The van der Waals surface area contributed by atoms with E-state index in [2.05, 4.69) is 25.9 Å². The van der Waals surface area contributed by atoms with E-state index >= 15 is 0 Å². The number of hydrogen-bond acceptors (Lipinski definition) is 4. The van der Waals surface area contributed by atoms with Crippen molar-refractivity contribution in [3.8, 4) is 17.5 Å². The third-order valence-electron chi connectivity index (χ3n) is 2.31. The zero-order valence-corrected chi connectivity index (χ0v) is 10.7. The summed E-state index contributed by atoms with van der Waals surface area (Å²) >= 11 is 3.39. The van der Waals surface area contributed by atoms with Gasteiger partial charge in [0, 0.05) is 10.0 Å². The summed E-state index contributed by atoms with van der Waals surface area (Å²) in [5, 5.41) is 8.89. The van der Waals surface area contributed by atoms with Crippen LogP contribution in [0.15, 0.2) is 28.7 Å². The highest BCUT2D eigenvalue weighted by Gasteiger charge is 2.10. The van der Waals surface area contributed by atoms with E-state index in [1.807, 2.05) is 30.3 Å². The number of benzene rings is 1. The Kier molecular flexibility index (Phi) is 3.07. The summed E-state index contributed by atoms with van der Waals surface area (Å²) in [4.78, 5) is 8.42. The first-order chi connectivity index (χ1) is 8.11. The summed E-state index contributed by atoms with van der Waals surface area (Å²) in [6.45, 7) is 1.75. The fourth-order valence-corrected chi connectivity index (χ4v) is 1.89. The summed E-state index contributed by atoms with van der Waals surface area (Å²) in [6.07, 6.45) is 0. The Balaban J connectivity index is 2.59. The predicted octanol–water partition coefficient (Wildman–Crippen LogP) is 2.67. The molecule has 0 amide bonds. The summed E-state index contributed by atoms with van der Waals surface area (Å²) in [7, 11) is 0. The average Bonchev–Trinajstić information content (AvgIpc) is 2.28. The average molecular weight is 289 g/mol. The largest absolute Gasteiger partial charge is 0.382 e.